The van der Waals surface area contributed by atoms with Crippen molar-refractivity contribution in [3.63, 3.8) is 0 Å². The van der Waals surface area contributed by atoms with E-state index in [-0.39, 0.29) is 35.8 Å². The molecule has 1 aromatic heterocycles. The lowest BCUT2D eigenvalue weighted by atomic mass is 10.2. The summed E-state index contributed by atoms with van der Waals surface area (Å²) in [5, 5.41) is 13.5. The predicted molar refractivity (Wildman–Crippen MR) is 70.4 cm³/mol. The van der Waals surface area contributed by atoms with Gasteiger partial charge in [0.05, 0.1) is 17.7 Å². The first-order valence-corrected chi connectivity index (χ1v) is 6.32. The Labute approximate surface area is 115 Å². The molecule has 0 radical (unpaired) electrons. The van der Waals surface area contributed by atoms with Crippen LogP contribution in [0.4, 0.5) is 5.69 Å². The smallest absolute Gasteiger partial charge is 0.287 e. The Morgan fingerprint density at radius 2 is 2.20 bits per heavy atom. The summed E-state index contributed by atoms with van der Waals surface area (Å²) in [7, 11) is 0. The van der Waals surface area contributed by atoms with Crippen LogP contribution in [0.3, 0.4) is 0 Å². The average molecular weight is 280 g/mol. The van der Waals surface area contributed by atoms with Crippen molar-refractivity contribution in [1.82, 2.24) is 14.8 Å². The van der Waals surface area contributed by atoms with Crippen LogP contribution >= 0.6 is 0 Å². The van der Waals surface area contributed by atoms with Crippen molar-refractivity contribution in [2.75, 3.05) is 19.6 Å². The Kier molecular flexibility index (Phi) is 3.73. The highest BCUT2D eigenvalue weighted by molar-refractivity contribution is 5.96. The van der Waals surface area contributed by atoms with E-state index in [1.165, 1.54) is 17.2 Å². The Morgan fingerprint density at radius 1 is 1.50 bits per heavy atom. The summed E-state index contributed by atoms with van der Waals surface area (Å²) in [6.07, 6.45) is 1.35. The Bertz CT molecular complexity index is 564. The molecule has 1 N–H and O–H groups in total. The van der Waals surface area contributed by atoms with E-state index < -0.39 is 4.92 Å². The van der Waals surface area contributed by atoms with Crippen LogP contribution in [0.15, 0.2) is 12.3 Å². The van der Waals surface area contributed by atoms with Crippen LogP contribution < -0.4 is 5.32 Å². The number of carbonyl (C=O) groups is 2. The zero-order valence-electron chi connectivity index (χ0n) is 11.3. The molecule has 0 saturated carbocycles. The number of nitrogens with zero attached hydrogens (tertiary/aromatic N) is 3. The molecular formula is C12H16N4O4. The van der Waals surface area contributed by atoms with Gasteiger partial charge in [-0.3, -0.25) is 19.7 Å². The van der Waals surface area contributed by atoms with Crippen LogP contribution in [0.1, 0.15) is 30.4 Å². The first-order valence-electron chi connectivity index (χ1n) is 6.32. The van der Waals surface area contributed by atoms with Crippen LogP contribution in [0.25, 0.3) is 0 Å². The predicted octanol–water partition coefficient (Wildman–Crippen LogP) is 0.549. The minimum Gasteiger partial charge on any atom is -0.353 e. The second-order valence-electron chi connectivity index (χ2n) is 4.92. The molecule has 1 aromatic rings. The number of hydrogen-bond donors (Lipinski definition) is 1. The van der Waals surface area contributed by atoms with Gasteiger partial charge in [-0.2, -0.15) is 0 Å². The van der Waals surface area contributed by atoms with E-state index in [4.69, 9.17) is 0 Å². The number of nitro groups is 1. The summed E-state index contributed by atoms with van der Waals surface area (Å²) in [6, 6.07) is 1.18. The monoisotopic (exact) mass is 280 g/mol. The second-order valence-corrected chi connectivity index (χ2v) is 4.92. The van der Waals surface area contributed by atoms with Gasteiger partial charge in [-0.1, -0.05) is 0 Å². The van der Waals surface area contributed by atoms with E-state index >= 15 is 0 Å². The molecule has 0 unspecified atom stereocenters. The van der Waals surface area contributed by atoms with Gasteiger partial charge in [-0.05, 0) is 13.8 Å². The number of aromatic nitrogens is 1. The molecule has 1 saturated heterocycles. The third-order valence-electron chi connectivity index (χ3n) is 3.15. The molecule has 0 bridgehead atoms. The van der Waals surface area contributed by atoms with Crippen molar-refractivity contribution in [3.05, 3.63) is 28.1 Å². The van der Waals surface area contributed by atoms with E-state index in [0.29, 0.717) is 13.1 Å². The lowest BCUT2D eigenvalue weighted by molar-refractivity contribution is -0.384. The normalized spacial score (nSPS) is 15.3. The number of carbonyl (C=O) groups excluding carboxylic acids is 2. The van der Waals surface area contributed by atoms with Gasteiger partial charge < -0.3 is 14.8 Å². The van der Waals surface area contributed by atoms with Crippen molar-refractivity contribution in [1.29, 1.82) is 0 Å². The van der Waals surface area contributed by atoms with Crippen molar-refractivity contribution in [3.8, 4) is 0 Å². The lowest BCUT2D eigenvalue weighted by Gasteiger charge is -2.27. The largest absolute Gasteiger partial charge is 0.353 e. The first-order chi connectivity index (χ1) is 9.40. The Morgan fingerprint density at radius 3 is 2.75 bits per heavy atom. The second kappa shape index (κ2) is 5.32. The lowest BCUT2D eigenvalue weighted by Crippen LogP contribution is -2.50. The molecule has 2 amide bonds. The maximum atomic E-state index is 12.4. The topological polar surface area (TPSA) is 97.5 Å². The van der Waals surface area contributed by atoms with Gasteiger partial charge in [-0.15, -0.1) is 0 Å². The van der Waals surface area contributed by atoms with E-state index in [1.807, 2.05) is 13.8 Å². The quantitative estimate of drug-likeness (QED) is 0.645. The summed E-state index contributed by atoms with van der Waals surface area (Å²) in [5.41, 5.74) is 0.116. The van der Waals surface area contributed by atoms with E-state index in [2.05, 4.69) is 5.32 Å². The molecule has 1 aliphatic rings. The highest BCUT2D eigenvalue weighted by Crippen LogP contribution is 2.22. The minimum atomic E-state index is -0.529. The molecule has 0 aliphatic carbocycles. The van der Waals surface area contributed by atoms with Crippen molar-refractivity contribution >= 4 is 17.5 Å². The van der Waals surface area contributed by atoms with Crippen LogP contribution in [0.5, 0.6) is 0 Å². The highest BCUT2D eigenvalue weighted by atomic mass is 16.6. The number of amides is 2. The summed E-state index contributed by atoms with van der Waals surface area (Å²) in [6.45, 7) is 4.46. The number of rotatable bonds is 3. The van der Waals surface area contributed by atoms with Gasteiger partial charge in [0.2, 0.25) is 5.91 Å². The molecule has 108 valence electrons. The minimum absolute atomic E-state index is 0.0180. The SMILES string of the molecule is CC(C)n1cc([N+](=O)[O-])cc1C(=O)N1CCNC(=O)C1. The van der Waals surface area contributed by atoms with Gasteiger partial charge in [0, 0.05) is 25.2 Å². The zero-order valence-corrected chi connectivity index (χ0v) is 11.3. The van der Waals surface area contributed by atoms with Crippen LogP contribution in [0, 0.1) is 10.1 Å². The Balaban J connectivity index is 2.32. The molecule has 2 heterocycles. The fourth-order valence-corrected chi connectivity index (χ4v) is 2.14. The molecule has 2 rings (SSSR count). The van der Waals surface area contributed by atoms with Gasteiger partial charge in [0.25, 0.3) is 11.6 Å². The van der Waals surface area contributed by atoms with E-state index in [1.54, 1.807) is 4.57 Å². The van der Waals surface area contributed by atoms with E-state index in [9.17, 15) is 19.7 Å². The zero-order chi connectivity index (χ0) is 14.9. The van der Waals surface area contributed by atoms with Crippen molar-refractivity contribution in [2.45, 2.75) is 19.9 Å². The molecule has 0 aromatic carbocycles. The van der Waals surface area contributed by atoms with Gasteiger partial charge in [0.15, 0.2) is 0 Å². The maximum Gasteiger partial charge on any atom is 0.287 e. The molecular weight excluding hydrogens is 264 g/mol. The standard InChI is InChI=1S/C12H16N4O4/c1-8(2)15-6-9(16(19)20)5-10(15)12(18)14-4-3-13-11(17)7-14/h5-6,8H,3-4,7H2,1-2H3,(H,13,17). The molecule has 20 heavy (non-hydrogen) atoms. The highest BCUT2D eigenvalue weighted by Gasteiger charge is 2.27. The third-order valence-corrected chi connectivity index (χ3v) is 3.15. The summed E-state index contributed by atoms with van der Waals surface area (Å²) >= 11 is 0. The van der Waals surface area contributed by atoms with Crippen LogP contribution in [0.2, 0.25) is 0 Å². The molecule has 0 atom stereocenters. The number of hydrogen-bond acceptors (Lipinski definition) is 4. The average Bonchev–Trinajstić information content (AvgIpc) is 2.83. The number of piperazine rings is 1. The first kappa shape index (κ1) is 14.0. The third kappa shape index (κ3) is 2.63. The summed E-state index contributed by atoms with van der Waals surface area (Å²) in [5.74, 6) is -0.580. The number of nitrogens with one attached hydrogen (secondary N) is 1. The van der Waals surface area contributed by atoms with Crippen molar-refractivity contribution in [2.24, 2.45) is 0 Å². The summed E-state index contributed by atoms with van der Waals surface area (Å²) < 4.78 is 1.56. The molecule has 1 fully saturated rings. The van der Waals surface area contributed by atoms with Gasteiger partial charge >= 0.3 is 0 Å². The van der Waals surface area contributed by atoms with E-state index in [0.717, 1.165) is 0 Å². The molecule has 8 nitrogen and oxygen atoms in total. The summed E-state index contributed by atoms with van der Waals surface area (Å²) in [4.78, 5) is 35.4. The fourth-order valence-electron chi connectivity index (χ4n) is 2.14. The molecule has 1 aliphatic heterocycles. The van der Waals surface area contributed by atoms with Crippen LogP contribution in [-0.2, 0) is 4.79 Å². The molecule has 0 spiro atoms. The van der Waals surface area contributed by atoms with Gasteiger partial charge in [0.1, 0.15) is 5.69 Å². The Hall–Kier alpha value is -2.38. The fraction of sp³-hybridized carbons (Fsp3) is 0.500. The van der Waals surface area contributed by atoms with Gasteiger partial charge in [-0.25, -0.2) is 0 Å². The maximum absolute atomic E-state index is 12.4. The molecule has 8 heteroatoms. The van der Waals surface area contributed by atoms with Crippen LogP contribution in [-0.4, -0.2) is 45.8 Å². The van der Waals surface area contributed by atoms with Crippen molar-refractivity contribution < 1.29 is 14.5 Å².